The largest absolute Gasteiger partial charge is 0.370 e. The molecule has 1 amide bonds. The Labute approximate surface area is 151 Å². The lowest BCUT2D eigenvalue weighted by Crippen LogP contribution is -2.30. The average molecular weight is 348 g/mol. The van der Waals surface area contributed by atoms with Gasteiger partial charge >= 0.3 is 0 Å². The number of rotatable bonds is 4. The van der Waals surface area contributed by atoms with Gasteiger partial charge in [-0.05, 0) is 66.1 Å². The Balaban J connectivity index is 1.51. The zero-order valence-corrected chi connectivity index (χ0v) is 14.4. The number of aromatic nitrogens is 4. The van der Waals surface area contributed by atoms with Gasteiger partial charge in [-0.2, -0.15) is 0 Å². The first-order valence-corrected chi connectivity index (χ1v) is 8.80. The van der Waals surface area contributed by atoms with Gasteiger partial charge in [-0.3, -0.25) is 4.79 Å². The summed E-state index contributed by atoms with van der Waals surface area (Å²) in [5, 5.41) is 14.1. The lowest BCUT2D eigenvalue weighted by Gasteiger charge is -2.30. The maximum atomic E-state index is 12.7. The van der Waals surface area contributed by atoms with Gasteiger partial charge < -0.3 is 10.2 Å². The summed E-state index contributed by atoms with van der Waals surface area (Å²) in [6.07, 6.45) is 5.18. The van der Waals surface area contributed by atoms with Crippen LogP contribution in [0.5, 0.6) is 0 Å². The molecule has 1 aromatic heterocycles. The van der Waals surface area contributed by atoms with Gasteiger partial charge in [0.15, 0.2) is 0 Å². The molecule has 1 aliphatic heterocycles. The van der Waals surface area contributed by atoms with Crippen LogP contribution in [-0.4, -0.2) is 39.2 Å². The van der Waals surface area contributed by atoms with E-state index in [1.54, 1.807) is 16.8 Å². The van der Waals surface area contributed by atoms with E-state index in [0.717, 1.165) is 30.2 Å². The van der Waals surface area contributed by atoms with Crippen LogP contribution < -0.4 is 10.2 Å². The van der Waals surface area contributed by atoms with Crippen molar-refractivity contribution in [3.05, 3.63) is 60.4 Å². The molecule has 1 N–H and O–H groups in total. The van der Waals surface area contributed by atoms with E-state index in [9.17, 15) is 4.79 Å². The van der Waals surface area contributed by atoms with Gasteiger partial charge in [0, 0.05) is 18.7 Å². The Morgan fingerprint density at radius 1 is 0.962 bits per heavy atom. The zero-order valence-electron chi connectivity index (χ0n) is 14.4. The van der Waals surface area contributed by atoms with Crippen LogP contribution in [0.15, 0.2) is 54.9 Å². The SMILES string of the molecule is O=C(Nc1ccccc1N1CCCCC1)c1ccc(-n2cnnn2)cc1. The molecule has 0 unspecified atom stereocenters. The van der Waals surface area contributed by atoms with Gasteiger partial charge in [-0.1, -0.05) is 12.1 Å². The summed E-state index contributed by atoms with van der Waals surface area (Å²) in [5.74, 6) is -0.127. The molecule has 132 valence electrons. The third-order valence-corrected chi connectivity index (χ3v) is 4.59. The van der Waals surface area contributed by atoms with Crippen LogP contribution in [0.2, 0.25) is 0 Å². The number of benzene rings is 2. The molecule has 0 radical (unpaired) electrons. The van der Waals surface area contributed by atoms with Crippen LogP contribution in [0.1, 0.15) is 29.6 Å². The van der Waals surface area contributed by atoms with Crippen LogP contribution in [-0.2, 0) is 0 Å². The Morgan fingerprint density at radius 2 is 1.73 bits per heavy atom. The van der Waals surface area contributed by atoms with Crippen molar-refractivity contribution in [1.29, 1.82) is 0 Å². The number of nitrogens with zero attached hydrogens (tertiary/aromatic N) is 5. The lowest BCUT2D eigenvalue weighted by molar-refractivity contribution is 0.102. The molecule has 0 spiro atoms. The van der Waals surface area contributed by atoms with Crippen LogP contribution in [0.3, 0.4) is 0 Å². The highest BCUT2D eigenvalue weighted by atomic mass is 16.1. The molecule has 1 saturated heterocycles. The number of para-hydroxylation sites is 2. The van der Waals surface area contributed by atoms with Crippen LogP contribution in [0.4, 0.5) is 11.4 Å². The van der Waals surface area contributed by atoms with E-state index < -0.39 is 0 Å². The molecule has 26 heavy (non-hydrogen) atoms. The van der Waals surface area contributed by atoms with Gasteiger partial charge in [0.25, 0.3) is 5.91 Å². The third-order valence-electron chi connectivity index (χ3n) is 4.59. The molecule has 2 aromatic carbocycles. The lowest BCUT2D eigenvalue weighted by atomic mass is 10.1. The van der Waals surface area contributed by atoms with E-state index in [1.807, 2.05) is 30.3 Å². The minimum atomic E-state index is -0.127. The molecule has 3 aromatic rings. The number of hydrogen-bond acceptors (Lipinski definition) is 5. The molecule has 1 fully saturated rings. The summed E-state index contributed by atoms with van der Waals surface area (Å²) in [7, 11) is 0. The number of tetrazole rings is 1. The number of anilines is 2. The molecular weight excluding hydrogens is 328 g/mol. The van der Waals surface area contributed by atoms with Crippen molar-refractivity contribution in [2.75, 3.05) is 23.3 Å². The second-order valence-corrected chi connectivity index (χ2v) is 6.32. The molecule has 0 bridgehead atoms. The predicted octanol–water partition coefficient (Wildman–Crippen LogP) is 2.90. The highest BCUT2D eigenvalue weighted by molar-refractivity contribution is 6.06. The van der Waals surface area contributed by atoms with Crippen molar-refractivity contribution < 1.29 is 4.79 Å². The molecule has 0 atom stereocenters. The van der Waals surface area contributed by atoms with Crippen molar-refractivity contribution >= 4 is 17.3 Å². The minimum absolute atomic E-state index is 0.127. The number of hydrogen-bond donors (Lipinski definition) is 1. The summed E-state index contributed by atoms with van der Waals surface area (Å²) in [4.78, 5) is 15.0. The third kappa shape index (κ3) is 3.42. The Bertz CT molecular complexity index is 869. The first-order chi connectivity index (χ1) is 12.8. The van der Waals surface area contributed by atoms with E-state index in [0.29, 0.717) is 5.56 Å². The number of amides is 1. The molecule has 2 heterocycles. The van der Waals surface area contributed by atoms with Crippen molar-refractivity contribution in [2.24, 2.45) is 0 Å². The quantitative estimate of drug-likeness (QED) is 0.784. The van der Waals surface area contributed by atoms with E-state index >= 15 is 0 Å². The van der Waals surface area contributed by atoms with Gasteiger partial charge in [-0.25, -0.2) is 4.68 Å². The highest BCUT2D eigenvalue weighted by Gasteiger charge is 2.16. The molecule has 0 aliphatic carbocycles. The van der Waals surface area contributed by atoms with E-state index in [1.165, 1.54) is 25.6 Å². The molecule has 0 saturated carbocycles. The fourth-order valence-corrected chi connectivity index (χ4v) is 3.23. The van der Waals surface area contributed by atoms with Crippen molar-refractivity contribution in [3.8, 4) is 5.69 Å². The first kappa shape index (κ1) is 16.3. The van der Waals surface area contributed by atoms with Gasteiger partial charge in [0.2, 0.25) is 0 Å². The van der Waals surface area contributed by atoms with E-state index in [-0.39, 0.29) is 5.91 Å². The second kappa shape index (κ2) is 7.35. The van der Waals surface area contributed by atoms with Crippen LogP contribution >= 0.6 is 0 Å². The highest BCUT2D eigenvalue weighted by Crippen LogP contribution is 2.28. The fourth-order valence-electron chi connectivity index (χ4n) is 3.23. The summed E-state index contributed by atoms with van der Waals surface area (Å²) in [6, 6.07) is 15.2. The molecule has 4 rings (SSSR count). The monoisotopic (exact) mass is 348 g/mol. The summed E-state index contributed by atoms with van der Waals surface area (Å²) in [6.45, 7) is 2.07. The van der Waals surface area contributed by atoms with Gasteiger partial charge in [0.1, 0.15) is 6.33 Å². The zero-order chi connectivity index (χ0) is 17.8. The Kier molecular flexibility index (Phi) is 4.59. The van der Waals surface area contributed by atoms with Gasteiger partial charge in [0.05, 0.1) is 17.1 Å². The summed E-state index contributed by atoms with van der Waals surface area (Å²) < 4.78 is 1.55. The number of carbonyl (C=O) groups excluding carboxylic acids is 1. The molecular formula is C19H20N6O. The second-order valence-electron chi connectivity index (χ2n) is 6.32. The van der Waals surface area contributed by atoms with Crippen molar-refractivity contribution in [3.63, 3.8) is 0 Å². The molecule has 7 heteroatoms. The molecule has 1 aliphatic rings. The maximum Gasteiger partial charge on any atom is 0.255 e. The van der Waals surface area contributed by atoms with E-state index in [2.05, 4.69) is 31.8 Å². The first-order valence-electron chi connectivity index (χ1n) is 8.80. The van der Waals surface area contributed by atoms with E-state index in [4.69, 9.17) is 0 Å². The molecule has 7 nitrogen and oxygen atoms in total. The number of piperidine rings is 1. The Hall–Kier alpha value is -3.22. The minimum Gasteiger partial charge on any atom is -0.370 e. The van der Waals surface area contributed by atoms with Gasteiger partial charge in [-0.15, -0.1) is 5.10 Å². The smallest absolute Gasteiger partial charge is 0.255 e. The summed E-state index contributed by atoms with van der Waals surface area (Å²) >= 11 is 0. The fraction of sp³-hybridized carbons (Fsp3) is 0.263. The van der Waals surface area contributed by atoms with Crippen LogP contribution in [0, 0.1) is 0 Å². The van der Waals surface area contributed by atoms with Crippen molar-refractivity contribution in [2.45, 2.75) is 19.3 Å². The van der Waals surface area contributed by atoms with Crippen molar-refractivity contribution in [1.82, 2.24) is 20.2 Å². The predicted molar refractivity (Wildman–Crippen MR) is 99.6 cm³/mol. The standard InChI is InChI=1S/C19H20N6O/c26-19(15-8-10-16(11-9-15)25-14-20-22-23-25)21-17-6-2-3-7-18(17)24-12-4-1-5-13-24/h2-3,6-11,14H,1,4-5,12-13H2,(H,21,26). The van der Waals surface area contributed by atoms with Crippen LogP contribution in [0.25, 0.3) is 5.69 Å². The Morgan fingerprint density at radius 3 is 2.46 bits per heavy atom. The normalized spacial score (nSPS) is 14.2. The summed E-state index contributed by atoms with van der Waals surface area (Å²) in [5.41, 5.74) is 3.34. The average Bonchev–Trinajstić information content (AvgIpc) is 3.24. The maximum absolute atomic E-state index is 12.7. The topological polar surface area (TPSA) is 75.9 Å². The number of nitrogens with one attached hydrogen (secondary N) is 1. The number of carbonyl (C=O) groups is 1.